The van der Waals surface area contributed by atoms with Crippen molar-refractivity contribution in [3.05, 3.63) is 67.3 Å². The van der Waals surface area contributed by atoms with Gasteiger partial charge < -0.3 is 0 Å². The number of carbonyl (C=O) groups excluding carboxylic acids is 1. The number of ketones is 1. The fourth-order valence-electron chi connectivity index (χ4n) is 1.87. The average Bonchev–Trinajstić information content (AvgIpc) is 2.31. The Bertz CT molecular complexity index is 645. The fraction of sp³-hybridized carbons (Fsp3) is 0.133. The smallest absolute Gasteiger partial charge is 0.193 e. The lowest BCUT2D eigenvalue weighted by atomic mass is 9.97. The summed E-state index contributed by atoms with van der Waals surface area (Å²) < 4.78 is 14.9. The van der Waals surface area contributed by atoms with Gasteiger partial charge in [0.25, 0.3) is 0 Å². The molecule has 0 atom stereocenters. The van der Waals surface area contributed by atoms with Crippen LogP contribution in [-0.2, 0) is 0 Å². The summed E-state index contributed by atoms with van der Waals surface area (Å²) in [6, 6.07) is 7.93. The van der Waals surface area contributed by atoms with E-state index < -0.39 is 5.82 Å². The van der Waals surface area contributed by atoms with E-state index in [-0.39, 0.29) is 5.78 Å². The van der Waals surface area contributed by atoms with Gasteiger partial charge in [0.05, 0.1) is 0 Å². The minimum Gasteiger partial charge on any atom is -0.289 e. The zero-order valence-electron chi connectivity index (χ0n) is 10.4. The van der Waals surface area contributed by atoms with Crippen molar-refractivity contribution in [3.8, 4) is 0 Å². The van der Waals surface area contributed by atoms with Crippen LogP contribution in [0.4, 0.5) is 4.39 Å². The van der Waals surface area contributed by atoms with Crippen LogP contribution in [0.3, 0.4) is 0 Å². The molecule has 2 aromatic rings. The van der Waals surface area contributed by atoms with E-state index in [1.807, 2.05) is 26.0 Å². The molecule has 0 aliphatic rings. The molecular formula is C15H11Br2FO. The highest BCUT2D eigenvalue weighted by Gasteiger charge is 2.14. The summed E-state index contributed by atoms with van der Waals surface area (Å²) in [6.07, 6.45) is 0. The first-order valence-corrected chi connectivity index (χ1v) is 7.24. The minimum atomic E-state index is -0.427. The predicted molar refractivity (Wildman–Crippen MR) is 81.1 cm³/mol. The summed E-state index contributed by atoms with van der Waals surface area (Å²) in [4.78, 5) is 12.4. The molecule has 2 rings (SSSR count). The summed E-state index contributed by atoms with van der Waals surface area (Å²) in [7, 11) is 0. The molecule has 0 aromatic heterocycles. The van der Waals surface area contributed by atoms with Gasteiger partial charge in [-0.2, -0.15) is 0 Å². The third-order valence-electron chi connectivity index (χ3n) is 2.87. The van der Waals surface area contributed by atoms with Gasteiger partial charge in [-0.1, -0.05) is 31.9 Å². The number of rotatable bonds is 2. The highest BCUT2D eigenvalue weighted by atomic mass is 79.9. The topological polar surface area (TPSA) is 17.1 Å². The van der Waals surface area contributed by atoms with E-state index in [4.69, 9.17) is 0 Å². The van der Waals surface area contributed by atoms with Gasteiger partial charge in [-0.25, -0.2) is 4.39 Å². The molecule has 0 amide bonds. The zero-order chi connectivity index (χ0) is 14.2. The lowest BCUT2D eigenvalue weighted by molar-refractivity contribution is 0.103. The second-order valence-corrected chi connectivity index (χ2v) is 6.17. The Labute approximate surface area is 128 Å². The Hall–Kier alpha value is -1.000. The molecule has 2 aromatic carbocycles. The number of carbonyl (C=O) groups is 1. The maximum absolute atomic E-state index is 13.4. The predicted octanol–water partition coefficient (Wildman–Crippen LogP) is 5.20. The molecule has 4 heteroatoms. The monoisotopic (exact) mass is 384 g/mol. The second kappa shape index (κ2) is 5.55. The lowest BCUT2D eigenvalue weighted by Gasteiger charge is -2.09. The van der Waals surface area contributed by atoms with Crippen LogP contribution in [-0.4, -0.2) is 5.78 Å². The van der Waals surface area contributed by atoms with E-state index in [2.05, 4.69) is 31.9 Å². The first-order valence-electron chi connectivity index (χ1n) is 5.66. The zero-order valence-corrected chi connectivity index (χ0v) is 13.6. The molecule has 98 valence electrons. The molecule has 0 spiro atoms. The van der Waals surface area contributed by atoms with E-state index >= 15 is 0 Å². The molecule has 0 aliphatic carbocycles. The molecule has 0 radical (unpaired) electrons. The van der Waals surface area contributed by atoms with Crippen LogP contribution in [0, 0.1) is 19.7 Å². The van der Waals surface area contributed by atoms with Crippen molar-refractivity contribution in [1.29, 1.82) is 0 Å². The van der Waals surface area contributed by atoms with E-state index in [0.29, 0.717) is 15.6 Å². The number of benzene rings is 2. The fourth-order valence-corrected chi connectivity index (χ4v) is 2.79. The van der Waals surface area contributed by atoms with Crippen LogP contribution in [0.25, 0.3) is 0 Å². The Morgan fingerprint density at radius 3 is 2.32 bits per heavy atom. The molecule has 0 heterocycles. The van der Waals surface area contributed by atoms with E-state index in [0.717, 1.165) is 15.6 Å². The SMILES string of the molecule is Cc1cc(C(=O)c2cc(F)cc(Br)c2)c(C)cc1Br. The molecule has 0 saturated heterocycles. The van der Waals surface area contributed by atoms with Crippen molar-refractivity contribution in [1.82, 2.24) is 0 Å². The number of hydrogen-bond donors (Lipinski definition) is 0. The third-order valence-corrected chi connectivity index (χ3v) is 4.19. The quantitative estimate of drug-likeness (QED) is 0.649. The van der Waals surface area contributed by atoms with Gasteiger partial charge in [0.1, 0.15) is 5.82 Å². The van der Waals surface area contributed by atoms with Crippen molar-refractivity contribution in [2.45, 2.75) is 13.8 Å². The van der Waals surface area contributed by atoms with Crippen LogP contribution in [0.2, 0.25) is 0 Å². The summed E-state index contributed by atoms with van der Waals surface area (Å²) in [5, 5.41) is 0. The average molecular weight is 386 g/mol. The normalized spacial score (nSPS) is 10.6. The van der Waals surface area contributed by atoms with E-state index in [1.54, 1.807) is 6.07 Å². The van der Waals surface area contributed by atoms with Crippen LogP contribution < -0.4 is 0 Å². The number of hydrogen-bond acceptors (Lipinski definition) is 1. The van der Waals surface area contributed by atoms with Crippen molar-refractivity contribution in [3.63, 3.8) is 0 Å². The van der Waals surface area contributed by atoms with E-state index in [9.17, 15) is 9.18 Å². The third kappa shape index (κ3) is 3.12. The van der Waals surface area contributed by atoms with Crippen molar-refractivity contribution in [2.24, 2.45) is 0 Å². The molecule has 0 saturated carbocycles. The number of halogens is 3. The largest absolute Gasteiger partial charge is 0.289 e. The molecular weight excluding hydrogens is 375 g/mol. The first-order chi connectivity index (χ1) is 8.88. The maximum Gasteiger partial charge on any atom is 0.193 e. The standard InChI is InChI=1S/C15H11Br2FO/c1-8-4-14(17)9(2)3-13(8)15(19)10-5-11(16)7-12(18)6-10/h3-7H,1-2H3. The van der Waals surface area contributed by atoms with Crippen LogP contribution >= 0.6 is 31.9 Å². The van der Waals surface area contributed by atoms with Crippen molar-refractivity contribution >= 4 is 37.6 Å². The van der Waals surface area contributed by atoms with E-state index in [1.165, 1.54) is 12.1 Å². The van der Waals surface area contributed by atoms with Gasteiger partial charge in [0.2, 0.25) is 0 Å². The van der Waals surface area contributed by atoms with Gasteiger partial charge in [-0.15, -0.1) is 0 Å². The lowest BCUT2D eigenvalue weighted by Crippen LogP contribution is -2.05. The maximum atomic E-state index is 13.4. The van der Waals surface area contributed by atoms with Gasteiger partial charge in [-0.3, -0.25) is 4.79 Å². The summed E-state index contributed by atoms with van der Waals surface area (Å²) in [5.41, 5.74) is 2.78. The molecule has 0 aliphatic heterocycles. The Balaban J connectivity index is 2.53. The number of aryl methyl sites for hydroxylation is 2. The molecule has 0 bridgehead atoms. The summed E-state index contributed by atoms with van der Waals surface area (Å²) in [5.74, 6) is -0.600. The molecule has 0 N–H and O–H groups in total. The second-order valence-electron chi connectivity index (χ2n) is 4.40. The van der Waals surface area contributed by atoms with Crippen molar-refractivity contribution < 1.29 is 9.18 Å². The van der Waals surface area contributed by atoms with Crippen LogP contribution in [0.5, 0.6) is 0 Å². The van der Waals surface area contributed by atoms with Gasteiger partial charge in [0, 0.05) is 20.1 Å². The molecule has 0 fully saturated rings. The minimum absolute atomic E-state index is 0.173. The first kappa shape index (κ1) is 14.4. The Morgan fingerprint density at radius 2 is 1.68 bits per heavy atom. The highest BCUT2D eigenvalue weighted by Crippen LogP contribution is 2.24. The van der Waals surface area contributed by atoms with Gasteiger partial charge >= 0.3 is 0 Å². The highest BCUT2D eigenvalue weighted by molar-refractivity contribution is 9.10. The molecule has 19 heavy (non-hydrogen) atoms. The summed E-state index contributed by atoms with van der Waals surface area (Å²) in [6.45, 7) is 3.79. The van der Waals surface area contributed by atoms with Gasteiger partial charge in [0.15, 0.2) is 5.78 Å². The Morgan fingerprint density at radius 1 is 1.00 bits per heavy atom. The molecule has 1 nitrogen and oxygen atoms in total. The van der Waals surface area contributed by atoms with Crippen molar-refractivity contribution in [2.75, 3.05) is 0 Å². The van der Waals surface area contributed by atoms with Crippen LogP contribution in [0.1, 0.15) is 27.0 Å². The Kier molecular flexibility index (Phi) is 4.21. The summed E-state index contributed by atoms with van der Waals surface area (Å²) >= 11 is 6.63. The van der Waals surface area contributed by atoms with Gasteiger partial charge in [-0.05, 0) is 55.3 Å². The van der Waals surface area contributed by atoms with Crippen LogP contribution in [0.15, 0.2) is 39.3 Å². The molecule has 0 unspecified atom stereocenters.